The Bertz CT molecular complexity index is 2080. The van der Waals surface area contributed by atoms with E-state index in [-0.39, 0.29) is 5.41 Å². The average Bonchev–Trinajstić information content (AvgIpc) is 3.49. The number of nitrogens with one attached hydrogen (secondary N) is 1. The number of anilines is 2. The van der Waals surface area contributed by atoms with E-state index in [1.807, 2.05) is 12.1 Å². The van der Waals surface area contributed by atoms with Crippen LogP contribution in [0.2, 0.25) is 0 Å². The van der Waals surface area contributed by atoms with E-state index in [9.17, 15) is 0 Å². The molecule has 0 amide bonds. The van der Waals surface area contributed by atoms with Crippen molar-refractivity contribution in [1.82, 2.24) is 0 Å². The van der Waals surface area contributed by atoms with Crippen molar-refractivity contribution >= 4 is 33.3 Å². The van der Waals surface area contributed by atoms with E-state index in [0.717, 1.165) is 44.4 Å². The zero-order chi connectivity index (χ0) is 27.6. The van der Waals surface area contributed by atoms with Crippen molar-refractivity contribution < 1.29 is 4.42 Å². The Morgan fingerprint density at radius 3 is 1.88 bits per heavy atom. The lowest BCUT2D eigenvalue weighted by Gasteiger charge is -2.23. The van der Waals surface area contributed by atoms with Crippen LogP contribution in [0.5, 0.6) is 0 Å². The minimum atomic E-state index is -0.0771. The zero-order valence-electron chi connectivity index (χ0n) is 23.1. The lowest BCUT2D eigenvalue weighted by molar-refractivity contribution is 0.661. The molecule has 8 rings (SSSR count). The van der Waals surface area contributed by atoms with Crippen molar-refractivity contribution in [2.75, 3.05) is 5.32 Å². The standard InChI is InChI=1S/C39H29NO/c1-39(2)35-22-27(25-8-4-3-5-9-25)14-19-31(35)32-21-18-30(24-36(32)39)40-29-16-12-26(13-17-29)28-15-20-34-33-10-6-7-11-37(33)41-38(34)23-28/h3-24,40H,1-2H3. The van der Waals surface area contributed by atoms with Crippen LogP contribution < -0.4 is 5.32 Å². The average molecular weight is 528 g/mol. The molecule has 0 spiro atoms. The molecule has 1 heterocycles. The summed E-state index contributed by atoms with van der Waals surface area (Å²) < 4.78 is 6.11. The zero-order valence-corrected chi connectivity index (χ0v) is 23.1. The van der Waals surface area contributed by atoms with E-state index in [4.69, 9.17) is 4.42 Å². The highest BCUT2D eigenvalue weighted by Crippen LogP contribution is 2.50. The molecule has 6 aromatic carbocycles. The van der Waals surface area contributed by atoms with Crippen LogP contribution in [0.1, 0.15) is 25.0 Å². The highest BCUT2D eigenvalue weighted by atomic mass is 16.3. The lowest BCUT2D eigenvalue weighted by atomic mass is 9.81. The molecular formula is C39H29NO. The summed E-state index contributed by atoms with van der Waals surface area (Å²) >= 11 is 0. The molecule has 0 saturated carbocycles. The predicted octanol–water partition coefficient (Wildman–Crippen LogP) is 11.0. The van der Waals surface area contributed by atoms with E-state index >= 15 is 0 Å². The van der Waals surface area contributed by atoms with Gasteiger partial charge in [0, 0.05) is 27.6 Å². The molecule has 1 aromatic heterocycles. The quantitative estimate of drug-likeness (QED) is 0.246. The van der Waals surface area contributed by atoms with E-state index in [0.29, 0.717) is 0 Å². The van der Waals surface area contributed by atoms with E-state index in [1.54, 1.807) is 0 Å². The summed E-state index contributed by atoms with van der Waals surface area (Å²) in [5, 5.41) is 5.95. The third-order valence-electron chi connectivity index (χ3n) is 8.67. The summed E-state index contributed by atoms with van der Waals surface area (Å²) in [4.78, 5) is 0. The molecule has 1 aliphatic carbocycles. The fraction of sp³-hybridized carbons (Fsp3) is 0.0769. The molecular weight excluding hydrogens is 498 g/mol. The normalized spacial score (nSPS) is 13.3. The Balaban J connectivity index is 1.06. The fourth-order valence-electron chi connectivity index (χ4n) is 6.44. The van der Waals surface area contributed by atoms with Gasteiger partial charge in [0.05, 0.1) is 0 Å². The molecule has 0 atom stereocenters. The highest BCUT2D eigenvalue weighted by Gasteiger charge is 2.35. The van der Waals surface area contributed by atoms with Crippen LogP contribution >= 0.6 is 0 Å². The van der Waals surface area contributed by atoms with Gasteiger partial charge in [-0.05, 0) is 93.0 Å². The minimum absolute atomic E-state index is 0.0771. The maximum absolute atomic E-state index is 6.11. The van der Waals surface area contributed by atoms with Crippen LogP contribution in [0.15, 0.2) is 138 Å². The maximum atomic E-state index is 6.11. The third kappa shape index (κ3) is 3.87. The van der Waals surface area contributed by atoms with Crippen LogP contribution in [-0.4, -0.2) is 0 Å². The maximum Gasteiger partial charge on any atom is 0.136 e. The fourth-order valence-corrected chi connectivity index (χ4v) is 6.44. The van der Waals surface area contributed by atoms with Gasteiger partial charge in [-0.3, -0.25) is 0 Å². The van der Waals surface area contributed by atoms with Gasteiger partial charge in [-0.15, -0.1) is 0 Å². The summed E-state index contributed by atoms with van der Waals surface area (Å²) in [6, 6.07) is 47.7. The van der Waals surface area contributed by atoms with E-state index in [2.05, 4.69) is 140 Å². The molecule has 0 unspecified atom stereocenters. The first-order chi connectivity index (χ1) is 20.0. The SMILES string of the molecule is CC1(C)c2cc(Nc3ccc(-c4ccc5c(c4)oc4ccccc45)cc3)ccc2-c2ccc(-c3ccccc3)cc21. The molecule has 1 aliphatic rings. The molecule has 1 N–H and O–H groups in total. The number of hydrogen-bond acceptors (Lipinski definition) is 2. The van der Waals surface area contributed by atoms with Gasteiger partial charge in [0.15, 0.2) is 0 Å². The molecule has 0 aliphatic heterocycles. The number of para-hydroxylation sites is 1. The third-order valence-corrected chi connectivity index (χ3v) is 8.67. The van der Waals surface area contributed by atoms with Crippen molar-refractivity contribution in [3.05, 3.63) is 145 Å². The van der Waals surface area contributed by atoms with Crippen molar-refractivity contribution in [3.8, 4) is 33.4 Å². The Morgan fingerprint density at radius 1 is 0.463 bits per heavy atom. The Kier molecular flexibility index (Phi) is 5.20. The van der Waals surface area contributed by atoms with E-state index < -0.39 is 0 Å². The monoisotopic (exact) mass is 527 g/mol. The molecule has 7 aromatic rings. The van der Waals surface area contributed by atoms with Crippen LogP contribution in [0.4, 0.5) is 11.4 Å². The first kappa shape index (κ1) is 23.8. The summed E-state index contributed by atoms with van der Waals surface area (Å²) in [7, 11) is 0. The van der Waals surface area contributed by atoms with Gasteiger partial charge in [0.25, 0.3) is 0 Å². The highest BCUT2D eigenvalue weighted by molar-refractivity contribution is 6.05. The van der Waals surface area contributed by atoms with Gasteiger partial charge in [-0.25, -0.2) is 0 Å². The van der Waals surface area contributed by atoms with Crippen LogP contribution in [-0.2, 0) is 5.41 Å². The smallest absolute Gasteiger partial charge is 0.136 e. The number of furan rings is 1. The van der Waals surface area contributed by atoms with Gasteiger partial charge < -0.3 is 9.73 Å². The molecule has 196 valence electrons. The van der Waals surface area contributed by atoms with Crippen LogP contribution in [0.25, 0.3) is 55.3 Å². The van der Waals surface area contributed by atoms with Crippen molar-refractivity contribution in [2.24, 2.45) is 0 Å². The molecule has 0 radical (unpaired) electrons. The van der Waals surface area contributed by atoms with Gasteiger partial charge in [0.1, 0.15) is 11.2 Å². The minimum Gasteiger partial charge on any atom is -0.456 e. The summed E-state index contributed by atoms with van der Waals surface area (Å²) in [5.74, 6) is 0. The summed E-state index contributed by atoms with van der Waals surface area (Å²) in [5.41, 5.74) is 14.2. The van der Waals surface area contributed by atoms with Gasteiger partial charge >= 0.3 is 0 Å². The lowest BCUT2D eigenvalue weighted by Crippen LogP contribution is -2.15. The number of rotatable bonds is 4. The van der Waals surface area contributed by atoms with Crippen LogP contribution in [0, 0.1) is 0 Å². The first-order valence-corrected chi connectivity index (χ1v) is 14.2. The molecule has 2 nitrogen and oxygen atoms in total. The second-order valence-corrected chi connectivity index (χ2v) is 11.5. The largest absolute Gasteiger partial charge is 0.456 e. The van der Waals surface area contributed by atoms with Crippen LogP contribution in [0.3, 0.4) is 0 Å². The van der Waals surface area contributed by atoms with Gasteiger partial charge in [0.2, 0.25) is 0 Å². The second-order valence-electron chi connectivity index (χ2n) is 11.5. The Labute approximate surface area is 239 Å². The number of fused-ring (bicyclic) bond motifs is 6. The second kappa shape index (κ2) is 8.97. The topological polar surface area (TPSA) is 25.2 Å². The molecule has 2 heteroatoms. The number of hydrogen-bond donors (Lipinski definition) is 1. The Morgan fingerprint density at radius 2 is 1.05 bits per heavy atom. The number of benzene rings is 6. The first-order valence-electron chi connectivity index (χ1n) is 14.2. The summed E-state index contributed by atoms with van der Waals surface area (Å²) in [6.45, 7) is 4.67. The summed E-state index contributed by atoms with van der Waals surface area (Å²) in [6.07, 6.45) is 0. The van der Waals surface area contributed by atoms with E-state index in [1.165, 1.54) is 33.4 Å². The molecule has 41 heavy (non-hydrogen) atoms. The predicted molar refractivity (Wildman–Crippen MR) is 172 cm³/mol. The Hall–Kier alpha value is -5.08. The van der Waals surface area contributed by atoms with Crippen molar-refractivity contribution in [1.29, 1.82) is 0 Å². The molecule has 0 bridgehead atoms. The van der Waals surface area contributed by atoms with Gasteiger partial charge in [-0.1, -0.05) is 98.8 Å². The van der Waals surface area contributed by atoms with Gasteiger partial charge in [-0.2, -0.15) is 0 Å². The van der Waals surface area contributed by atoms with Crippen molar-refractivity contribution in [2.45, 2.75) is 19.3 Å². The van der Waals surface area contributed by atoms with Crippen molar-refractivity contribution in [3.63, 3.8) is 0 Å². The molecule has 0 fully saturated rings. The molecule has 0 saturated heterocycles.